The Balaban J connectivity index is 1.98. The van der Waals surface area contributed by atoms with Crippen molar-refractivity contribution in [2.24, 2.45) is 5.73 Å². The normalized spacial score (nSPS) is 11.1. The third kappa shape index (κ3) is 3.83. The van der Waals surface area contributed by atoms with E-state index in [-0.39, 0.29) is 6.61 Å². The Morgan fingerprint density at radius 2 is 1.61 bits per heavy atom. The highest BCUT2D eigenvalue weighted by Crippen LogP contribution is 2.38. The van der Waals surface area contributed by atoms with Crippen molar-refractivity contribution in [1.82, 2.24) is 4.57 Å². The number of aromatic nitrogens is 1. The molecular formula is C24H24N3O4+. The van der Waals surface area contributed by atoms with Crippen molar-refractivity contribution in [1.29, 1.82) is 0 Å². The van der Waals surface area contributed by atoms with E-state index in [1.807, 2.05) is 24.3 Å². The van der Waals surface area contributed by atoms with Crippen molar-refractivity contribution in [2.75, 3.05) is 6.61 Å². The van der Waals surface area contributed by atoms with Crippen LogP contribution in [0.4, 0.5) is 0 Å². The number of fused-ring (bicyclic) bond motifs is 3. The Labute approximate surface area is 179 Å². The molecule has 1 heterocycles. The van der Waals surface area contributed by atoms with Crippen LogP contribution in [-0.2, 0) is 16.2 Å². The zero-order valence-corrected chi connectivity index (χ0v) is 17.5. The van der Waals surface area contributed by atoms with Crippen LogP contribution in [-0.4, -0.2) is 23.1 Å². The zero-order chi connectivity index (χ0) is 22.1. The highest BCUT2D eigenvalue weighted by atomic mass is 16.7. The molecule has 0 saturated carbocycles. The fraction of sp³-hybridized carbons (Fsp3) is 0.167. The third-order valence-electron chi connectivity index (χ3n) is 5.27. The second kappa shape index (κ2) is 8.12. The number of carbonyl (C=O) groups is 2. The van der Waals surface area contributed by atoms with Crippen LogP contribution in [0.3, 0.4) is 0 Å². The minimum Gasteiger partial charge on any atom is -0.481 e. The smallest absolute Gasteiger partial charge is 0.403 e. The molecule has 1 aromatic heterocycles. The zero-order valence-electron chi connectivity index (χ0n) is 17.5. The maximum atomic E-state index is 12.2. The Morgan fingerprint density at radius 3 is 2.26 bits per heavy atom. The predicted molar refractivity (Wildman–Crippen MR) is 117 cm³/mol. The summed E-state index contributed by atoms with van der Waals surface area (Å²) in [7, 11) is 0. The van der Waals surface area contributed by atoms with Gasteiger partial charge in [0.2, 0.25) is 5.91 Å². The lowest BCUT2D eigenvalue weighted by molar-refractivity contribution is -0.657. The first-order chi connectivity index (χ1) is 14.9. The Kier molecular flexibility index (Phi) is 5.35. The van der Waals surface area contributed by atoms with Crippen molar-refractivity contribution in [3.63, 3.8) is 0 Å². The minimum atomic E-state index is -0.592. The third-order valence-corrected chi connectivity index (χ3v) is 5.27. The summed E-state index contributed by atoms with van der Waals surface area (Å²) in [6.45, 7) is 4.46. The van der Waals surface area contributed by atoms with Crippen molar-refractivity contribution >= 4 is 33.7 Å². The molecule has 0 aliphatic carbocycles. The van der Waals surface area contributed by atoms with Gasteiger partial charge in [0.15, 0.2) is 6.61 Å². The fourth-order valence-electron chi connectivity index (χ4n) is 4.17. The Morgan fingerprint density at radius 1 is 0.968 bits per heavy atom. The van der Waals surface area contributed by atoms with E-state index in [0.29, 0.717) is 23.2 Å². The summed E-state index contributed by atoms with van der Waals surface area (Å²) in [5.41, 5.74) is 11.4. The van der Waals surface area contributed by atoms with Crippen LogP contribution in [0.5, 0.6) is 5.75 Å². The number of nitrogens with zero attached hydrogens (tertiary/aromatic N) is 1. The standard InChI is InChI=1S/C24H23N3O4/c1-14-9-15(2)11-16(10-14)12-27-18-6-3-5-17(24(25)29)22(18)23-19(27)7-4-8-20(23)30-13-21(28)31-26/h3-11H,12-13H2,1-2,26H3,(H-,25,29)/p+1. The van der Waals surface area contributed by atoms with Crippen LogP contribution in [0.2, 0.25) is 0 Å². The van der Waals surface area contributed by atoms with Gasteiger partial charge in [-0.05, 0) is 43.7 Å². The van der Waals surface area contributed by atoms with Gasteiger partial charge in [0, 0.05) is 17.5 Å². The number of nitrogens with two attached hydrogens (primary N) is 1. The number of hydrogen-bond acceptors (Lipinski definition) is 4. The fourth-order valence-corrected chi connectivity index (χ4v) is 4.17. The molecule has 31 heavy (non-hydrogen) atoms. The summed E-state index contributed by atoms with van der Waals surface area (Å²) in [6.07, 6.45) is 0. The predicted octanol–water partition coefficient (Wildman–Crippen LogP) is 2.64. The lowest BCUT2D eigenvalue weighted by Crippen LogP contribution is -2.52. The van der Waals surface area contributed by atoms with Gasteiger partial charge in [0.05, 0.1) is 16.4 Å². The number of aryl methyl sites for hydroxylation is 2. The highest BCUT2D eigenvalue weighted by Gasteiger charge is 2.20. The molecule has 0 bridgehead atoms. The molecule has 4 aromatic rings. The summed E-state index contributed by atoms with van der Waals surface area (Å²) >= 11 is 0. The van der Waals surface area contributed by atoms with Crippen molar-refractivity contribution in [3.05, 3.63) is 76.9 Å². The molecule has 0 aliphatic rings. The molecule has 5 N–H and O–H groups in total. The summed E-state index contributed by atoms with van der Waals surface area (Å²) in [5, 5.41) is 1.43. The van der Waals surface area contributed by atoms with Crippen LogP contribution in [0.15, 0.2) is 54.6 Å². The quantitative estimate of drug-likeness (QED) is 0.469. The van der Waals surface area contributed by atoms with E-state index < -0.39 is 11.9 Å². The number of hydrogen-bond donors (Lipinski definition) is 2. The van der Waals surface area contributed by atoms with Crippen LogP contribution < -0.4 is 16.4 Å². The Hall–Kier alpha value is -3.84. The minimum absolute atomic E-state index is 0.287. The van der Waals surface area contributed by atoms with E-state index in [9.17, 15) is 9.59 Å². The van der Waals surface area contributed by atoms with Gasteiger partial charge in [0.1, 0.15) is 5.75 Å². The summed E-state index contributed by atoms with van der Waals surface area (Å²) < 4.78 is 7.87. The molecule has 0 unspecified atom stereocenters. The molecule has 0 aliphatic heterocycles. The maximum absolute atomic E-state index is 12.2. The molecule has 7 heteroatoms. The van der Waals surface area contributed by atoms with Crippen molar-refractivity contribution in [2.45, 2.75) is 20.4 Å². The number of carbonyl (C=O) groups excluding carboxylic acids is 2. The highest BCUT2D eigenvalue weighted by molar-refractivity contribution is 6.19. The average Bonchev–Trinajstić information content (AvgIpc) is 3.05. The number of ether oxygens (including phenoxy) is 1. The summed E-state index contributed by atoms with van der Waals surface area (Å²) in [6, 6.07) is 17.5. The molecule has 0 saturated heterocycles. The summed E-state index contributed by atoms with van der Waals surface area (Å²) in [4.78, 5) is 28.3. The molecule has 3 aromatic carbocycles. The molecule has 0 radical (unpaired) electrons. The molecule has 158 valence electrons. The topological polar surface area (TPSA) is 111 Å². The van der Waals surface area contributed by atoms with Gasteiger partial charge in [-0.2, -0.15) is 5.90 Å². The van der Waals surface area contributed by atoms with Crippen LogP contribution in [0, 0.1) is 13.8 Å². The summed E-state index contributed by atoms with van der Waals surface area (Å²) in [5.74, 6) is 2.47. The van der Waals surface area contributed by atoms with Gasteiger partial charge in [-0.15, -0.1) is 0 Å². The molecule has 1 amide bonds. The SMILES string of the molecule is Cc1cc(C)cc(Cn2c3cccc(OCC(=O)O[NH3+])c3c3c(C(N)=O)cccc32)c1. The van der Waals surface area contributed by atoms with Gasteiger partial charge in [0.25, 0.3) is 0 Å². The molecule has 4 rings (SSSR count). The number of benzene rings is 3. The van der Waals surface area contributed by atoms with Crippen LogP contribution >= 0.6 is 0 Å². The van der Waals surface area contributed by atoms with Crippen molar-refractivity contribution < 1.29 is 25.1 Å². The first-order valence-corrected chi connectivity index (χ1v) is 9.87. The second-order valence-electron chi connectivity index (χ2n) is 7.60. The number of rotatable bonds is 6. The monoisotopic (exact) mass is 418 g/mol. The van der Waals surface area contributed by atoms with Gasteiger partial charge in [-0.3, -0.25) is 9.63 Å². The number of primary amides is 1. The second-order valence-corrected chi connectivity index (χ2v) is 7.60. The largest absolute Gasteiger partial charge is 0.481 e. The molecule has 0 atom stereocenters. The maximum Gasteiger partial charge on any atom is 0.403 e. The van der Waals surface area contributed by atoms with Gasteiger partial charge >= 0.3 is 5.97 Å². The first kappa shape index (κ1) is 20.4. The first-order valence-electron chi connectivity index (χ1n) is 9.87. The number of quaternary nitrogens is 1. The van der Waals surface area contributed by atoms with E-state index in [1.54, 1.807) is 12.1 Å². The van der Waals surface area contributed by atoms with Gasteiger partial charge in [-0.25, -0.2) is 4.79 Å². The van der Waals surface area contributed by atoms with Gasteiger partial charge < -0.3 is 15.0 Å². The van der Waals surface area contributed by atoms with E-state index in [0.717, 1.165) is 22.0 Å². The molecule has 0 fully saturated rings. The van der Waals surface area contributed by atoms with Crippen LogP contribution in [0.1, 0.15) is 27.0 Å². The molecule has 0 spiro atoms. The Bertz CT molecular complexity index is 1300. The number of amides is 1. The van der Waals surface area contributed by atoms with E-state index in [4.69, 9.17) is 10.5 Å². The van der Waals surface area contributed by atoms with E-state index >= 15 is 0 Å². The van der Waals surface area contributed by atoms with Crippen molar-refractivity contribution in [3.8, 4) is 5.75 Å². The van der Waals surface area contributed by atoms with E-state index in [2.05, 4.69) is 47.3 Å². The lowest BCUT2D eigenvalue weighted by Gasteiger charge is -2.10. The lowest BCUT2D eigenvalue weighted by atomic mass is 10.1. The van der Waals surface area contributed by atoms with Gasteiger partial charge in [-0.1, -0.05) is 41.5 Å². The van der Waals surface area contributed by atoms with E-state index in [1.165, 1.54) is 11.1 Å². The molecule has 7 nitrogen and oxygen atoms in total. The average molecular weight is 418 g/mol. The van der Waals surface area contributed by atoms with Crippen LogP contribution in [0.25, 0.3) is 21.8 Å². The molecular weight excluding hydrogens is 394 g/mol.